The third-order valence-electron chi connectivity index (χ3n) is 9.84. The van der Waals surface area contributed by atoms with Gasteiger partial charge in [-0.25, -0.2) is 8.78 Å². The zero-order valence-corrected chi connectivity index (χ0v) is 25.1. The van der Waals surface area contributed by atoms with Gasteiger partial charge < -0.3 is 19.5 Å². The molecule has 1 aromatic carbocycles. The first-order valence-corrected chi connectivity index (χ1v) is 15.6. The van der Waals surface area contributed by atoms with Gasteiger partial charge in [0, 0.05) is 36.7 Å². The SMILES string of the molecule is Cc1cc2[nH]ncc2c(-c2ncc3c(N4CCOC[C@@](C)(O)C4)nc(OC[C@@]45CCCN4C[C@H](F)C5)nc3c2F)c1C1CC1. The van der Waals surface area contributed by atoms with Gasteiger partial charge in [0.15, 0.2) is 5.82 Å². The van der Waals surface area contributed by atoms with Crippen LogP contribution < -0.4 is 9.64 Å². The maximum absolute atomic E-state index is 17.0. The summed E-state index contributed by atoms with van der Waals surface area (Å²) in [4.78, 5) is 18.2. The van der Waals surface area contributed by atoms with Crippen molar-refractivity contribution in [2.24, 2.45) is 0 Å². The van der Waals surface area contributed by atoms with E-state index in [-0.39, 0.29) is 37.0 Å². The average molecular weight is 606 g/mol. The predicted molar refractivity (Wildman–Crippen MR) is 161 cm³/mol. The van der Waals surface area contributed by atoms with Gasteiger partial charge in [-0.2, -0.15) is 15.1 Å². The van der Waals surface area contributed by atoms with E-state index in [4.69, 9.17) is 19.4 Å². The number of alkyl halides is 1. The van der Waals surface area contributed by atoms with E-state index in [2.05, 4.69) is 26.1 Å². The maximum Gasteiger partial charge on any atom is 0.319 e. The molecule has 0 radical (unpaired) electrons. The van der Waals surface area contributed by atoms with Gasteiger partial charge >= 0.3 is 6.01 Å². The van der Waals surface area contributed by atoms with Crippen LogP contribution in [0.1, 0.15) is 56.1 Å². The summed E-state index contributed by atoms with van der Waals surface area (Å²) in [7, 11) is 0. The summed E-state index contributed by atoms with van der Waals surface area (Å²) >= 11 is 0. The summed E-state index contributed by atoms with van der Waals surface area (Å²) in [6.07, 6.45) is 6.77. The van der Waals surface area contributed by atoms with Crippen molar-refractivity contribution in [1.82, 2.24) is 30.0 Å². The second kappa shape index (κ2) is 10.3. The second-order valence-electron chi connectivity index (χ2n) is 13.4. The summed E-state index contributed by atoms with van der Waals surface area (Å²) in [6, 6.07) is 2.09. The van der Waals surface area contributed by atoms with E-state index >= 15 is 4.39 Å². The number of aliphatic hydroxyl groups is 1. The lowest BCUT2D eigenvalue weighted by Crippen LogP contribution is -2.44. The molecule has 3 aliphatic heterocycles. The standard InChI is InChI=1S/C32H37F2N7O3/c1-18-10-23-21(13-36-39-23)25(24(18)19-4-5-19)28-26(34)27-22(12-35-28)29(40-8-9-43-16-31(2,42)15-40)38-30(37-27)44-17-32-6-3-7-41(32)14-20(33)11-32/h10,12-13,19-20,42H,3-9,11,14-17H2,1-2H3,(H,36,39)/t20-,31+,32+/m1/s1. The fourth-order valence-electron chi connectivity index (χ4n) is 7.73. The van der Waals surface area contributed by atoms with E-state index in [1.54, 1.807) is 19.3 Å². The molecule has 1 saturated carbocycles. The second-order valence-corrected chi connectivity index (χ2v) is 13.4. The normalized spacial score (nSPS) is 27.8. The van der Waals surface area contributed by atoms with Crippen LogP contribution in [0.3, 0.4) is 0 Å². The van der Waals surface area contributed by atoms with Gasteiger partial charge in [0.25, 0.3) is 0 Å². The highest BCUT2D eigenvalue weighted by molar-refractivity contribution is 5.99. The minimum absolute atomic E-state index is 0.0250. The molecule has 6 heterocycles. The molecule has 3 atom stereocenters. The molecule has 3 aromatic heterocycles. The zero-order chi connectivity index (χ0) is 30.2. The van der Waals surface area contributed by atoms with E-state index in [1.165, 1.54) is 0 Å². The number of β-amino-alcohol motifs (C(OH)–C–C–N with tert-alkyl or cyclic N) is 1. The number of hydrogen-bond acceptors (Lipinski definition) is 9. The van der Waals surface area contributed by atoms with Crippen molar-refractivity contribution < 1.29 is 23.4 Å². The number of rotatable bonds is 6. The Morgan fingerprint density at radius 2 is 2.07 bits per heavy atom. The van der Waals surface area contributed by atoms with Crippen molar-refractivity contribution in [2.45, 2.75) is 69.2 Å². The molecule has 2 N–H and O–H groups in total. The molecule has 44 heavy (non-hydrogen) atoms. The molecular formula is C32H37F2N7O3. The van der Waals surface area contributed by atoms with E-state index in [1.807, 2.05) is 11.8 Å². The minimum atomic E-state index is -1.14. The van der Waals surface area contributed by atoms with Crippen LogP contribution in [0, 0.1) is 12.7 Å². The summed E-state index contributed by atoms with van der Waals surface area (Å²) in [5.74, 6) is 0.207. The van der Waals surface area contributed by atoms with Crippen molar-refractivity contribution in [1.29, 1.82) is 0 Å². The van der Waals surface area contributed by atoms with Crippen LogP contribution in [0.15, 0.2) is 18.5 Å². The molecule has 0 amide bonds. The van der Waals surface area contributed by atoms with Gasteiger partial charge in [-0.3, -0.25) is 15.0 Å². The quantitative estimate of drug-likeness (QED) is 0.330. The van der Waals surface area contributed by atoms with Gasteiger partial charge in [-0.15, -0.1) is 0 Å². The number of aromatic nitrogens is 5. The molecule has 4 aliphatic rings. The Morgan fingerprint density at radius 1 is 1.20 bits per heavy atom. The first kappa shape index (κ1) is 28.0. The molecule has 1 aliphatic carbocycles. The van der Waals surface area contributed by atoms with E-state index < -0.39 is 23.1 Å². The Morgan fingerprint density at radius 3 is 2.91 bits per heavy atom. The lowest BCUT2D eigenvalue weighted by atomic mass is 9.92. The number of aryl methyl sites for hydroxylation is 1. The number of halogens is 2. The van der Waals surface area contributed by atoms with Crippen LogP contribution in [-0.4, -0.2) is 98.5 Å². The van der Waals surface area contributed by atoms with E-state index in [9.17, 15) is 9.50 Å². The molecule has 0 unspecified atom stereocenters. The van der Waals surface area contributed by atoms with E-state index in [0.29, 0.717) is 43.2 Å². The molecule has 12 heteroatoms. The summed E-state index contributed by atoms with van der Waals surface area (Å²) in [5, 5.41) is 19.5. The van der Waals surface area contributed by atoms with Crippen LogP contribution >= 0.6 is 0 Å². The van der Waals surface area contributed by atoms with Crippen molar-refractivity contribution in [3.8, 4) is 17.3 Å². The summed E-state index contributed by atoms with van der Waals surface area (Å²) in [6.45, 7) is 6.42. The number of anilines is 1. The molecule has 0 bridgehead atoms. The molecule has 10 nitrogen and oxygen atoms in total. The lowest BCUT2D eigenvalue weighted by Gasteiger charge is -2.31. The highest BCUT2D eigenvalue weighted by Crippen LogP contribution is 2.49. The smallest absolute Gasteiger partial charge is 0.319 e. The maximum atomic E-state index is 17.0. The zero-order valence-electron chi connectivity index (χ0n) is 25.1. The van der Waals surface area contributed by atoms with Crippen molar-refractivity contribution in [2.75, 3.05) is 50.9 Å². The van der Waals surface area contributed by atoms with Gasteiger partial charge in [-0.1, -0.05) is 0 Å². The number of aromatic amines is 1. The van der Waals surface area contributed by atoms with Gasteiger partial charge in [0.05, 0.1) is 42.4 Å². The summed E-state index contributed by atoms with van der Waals surface area (Å²) < 4.78 is 43.4. The van der Waals surface area contributed by atoms with Gasteiger partial charge in [0.1, 0.15) is 35.4 Å². The van der Waals surface area contributed by atoms with Crippen molar-refractivity contribution >= 4 is 27.6 Å². The van der Waals surface area contributed by atoms with Gasteiger partial charge in [0.2, 0.25) is 0 Å². The molecule has 0 spiro atoms. The molecular weight excluding hydrogens is 568 g/mol. The number of hydrogen-bond donors (Lipinski definition) is 2. The number of H-pyrrole nitrogens is 1. The number of pyridine rings is 1. The molecule has 232 valence electrons. The lowest BCUT2D eigenvalue weighted by molar-refractivity contribution is -0.0123. The third-order valence-corrected chi connectivity index (χ3v) is 9.84. The fraction of sp³-hybridized carbons (Fsp3) is 0.562. The predicted octanol–water partition coefficient (Wildman–Crippen LogP) is 4.44. The van der Waals surface area contributed by atoms with Crippen LogP contribution in [0.2, 0.25) is 0 Å². The largest absolute Gasteiger partial charge is 0.461 e. The number of ether oxygens (including phenoxy) is 2. The number of nitrogens with one attached hydrogen (secondary N) is 1. The van der Waals surface area contributed by atoms with Crippen LogP contribution in [0.5, 0.6) is 6.01 Å². The first-order valence-electron chi connectivity index (χ1n) is 15.6. The third kappa shape index (κ3) is 4.69. The first-order chi connectivity index (χ1) is 21.2. The Bertz CT molecular complexity index is 1760. The highest BCUT2D eigenvalue weighted by atomic mass is 19.1. The Labute approximate surface area is 253 Å². The van der Waals surface area contributed by atoms with Crippen LogP contribution in [0.25, 0.3) is 33.1 Å². The monoisotopic (exact) mass is 605 g/mol. The van der Waals surface area contributed by atoms with Crippen LogP contribution in [0.4, 0.5) is 14.6 Å². The topological polar surface area (TPSA) is 113 Å². The molecule has 4 fully saturated rings. The number of fused-ring (bicyclic) bond motifs is 3. The fourth-order valence-corrected chi connectivity index (χ4v) is 7.73. The average Bonchev–Trinajstić information content (AvgIpc) is 3.52. The van der Waals surface area contributed by atoms with Crippen molar-refractivity contribution in [3.05, 3.63) is 35.4 Å². The Kier molecular flexibility index (Phi) is 6.55. The minimum Gasteiger partial charge on any atom is -0.461 e. The Hall–Kier alpha value is -3.48. The van der Waals surface area contributed by atoms with Gasteiger partial charge in [-0.05, 0) is 69.2 Å². The molecule has 8 rings (SSSR count). The Balaban J connectivity index is 1.28. The number of nitrogens with zero attached hydrogens (tertiary/aromatic N) is 6. The highest BCUT2D eigenvalue weighted by Gasteiger charge is 2.49. The molecule has 3 saturated heterocycles. The summed E-state index contributed by atoms with van der Waals surface area (Å²) in [5.41, 5.74) is 2.49. The van der Waals surface area contributed by atoms with Crippen LogP contribution in [-0.2, 0) is 4.74 Å². The number of benzene rings is 1. The van der Waals surface area contributed by atoms with Crippen molar-refractivity contribution in [3.63, 3.8) is 0 Å². The molecule has 4 aromatic rings. The van der Waals surface area contributed by atoms with E-state index in [0.717, 1.165) is 59.8 Å².